The van der Waals surface area contributed by atoms with E-state index in [2.05, 4.69) is 0 Å². The van der Waals surface area contributed by atoms with E-state index in [9.17, 15) is 19.2 Å². The lowest BCUT2D eigenvalue weighted by Gasteiger charge is -2.58. The number of likely N-dealkylation sites (N-methyl/N-ethyl adjacent to an activating group) is 1. The largest absolute Gasteiger partial charge is 0.513 e. The van der Waals surface area contributed by atoms with Gasteiger partial charge in [-0.2, -0.15) is 0 Å². The number of carbonyl (C=O) groups is 4. The van der Waals surface area contributed by atoms with Gasteiger partial charge in [0.15, 0.2) is 29.0 Å². The molecular formula is C29H36Cl3NO10. The van der Waals surface area contributed by atoms with Crippen molar-refractivity contribution >= 4 is 59.0 Å². The monoisotopic (exact) mass is 663 g/mol. The zero-order chi connectivity index (χ0) is 31.2. The van der Waals surface area contributed by atoms with E-state index in [0.29, 0.717) is 36.6 Å². The molecule has 3 aliphatic rings. The molecule has 0 radical (unpaired) electrons. The van der Waals surface area contributed by atoms with Crippen molar-refractivity contribution in [1.82, 2.24) is 4.90 Å². The second kappa shape index (κ2) is 14.4. The van der Waals surface area contributed by atoms with Gasteiger partial charge in [-0.25, -0.2) is 14.4 Å². The molecule has 4 rings (SSSR count). The highest BCUT2D eigenvalue weighted by molar-refractivity contribution is 6.18. The number of carbonyl (C=O) groups excluding carboxylic acids is 4. The molecule has 0 bridgehead atoms. The molecule has 0 saturated heterocycles. The van der Waals surface area contributed by atoms with E-state index >= 15 is 0 Å². The minimum atomic E-state index is -1.47. The second-order valence-corrected chi connectivity index (χ2v) is 11.8. The number of ketones is 1. The van der Waals surface area contributed by atoms with Crippen molar-refractivity contribution in [2.45, 2.75) is 75.5 Å². The van der Waals surface area contributed by atoms with E-state index in [4.69, 9.17) is 63.2 Å². The molecule has 0 N–H and O–H groups in total. The lowest BCUT2D eigenvalue weighted by molar-refractivity contribution is -0.171. The first-order chi connectivity index (χ1) is 20.7. The summed E-state index contributed by atoms with van der Waals surface area (Å²) in [5.74, 6) is 0.948. The van der Waals surface area contributed by atoms with Crippen LogP contribution in [-0.2, 0) is 35.6 Å². The van der Waals surface area contributed by atoms with Crippen LogP contribution in [0.15, 0.2) is 12.1 Å². The number of amides is 1. The van der Waals surface area contributed by atoms with Gasteiger partial charge in [0.2, 0.25) is 0 Å². The molecule has 1 saturated carbocycles. The zero-order valence-corrected chi connectivity index (χ0v) is 26.4. The first-order valence-corrected chi connectivity index (χ1v) is 16.0. The molecule has 1 aromatic rings. The first-order valence-electron chi connectivity index (χ1n) is 14.4. The maximum Gasteiger partial charge on any atom is 0.513 e. The molecule has 1 aliphatic heterocycles. The molecule has 11 nitrogen and oxygen atoms in total. The average molecular weight is 665 g/mol. The lowest BCUT2D eigenvalue weighted by atomic mass is 9.52. The lowest BCUT2D eigenvalue weighted by Crippen LogP contribution is -2.74. The third-order valence-electron chi connectivity index (χ3n) is 8.26. The van der Waals surface area contributed by atoms with E-state index in [1.54, 1.807) is 26.0 Å². The molecule has 1 fully saturated rings. The van der Waals surface area contributed by atoms with Crippen molar-refractivity contribution in [2.75, 3.05) is 44.0 Å². The third-order valence-corrected chi connectivity index (χ3v) is 9.06. The highest BCUT2D eigenvalue weighted by Gasteiger charge is 2.73. The van der Waals surface area contributed by atoms with Crippen molar-refractivity contribution in [3.8, 4) is 11.5 Å². The Morgan fingerprint density at radius 1 is 0.977 bits per heavy atom. The predicted molar refractivity (Wildman–Crippen MR) is 157 cm³/mol. The van der Waals surface area contributed by atoms with Crippen molar-refractivity contribution in [1.29, 1.82) is 0 Å². The molecule has 4 atom stereocenters. The van der Waals surface area contributed by atoms with Gasteiger partial charge in [-0.15, -0.1) is 34.8 Å². The normalized spacial score (nSPS) is 24.8. The van der Waals surface area contributed by atoms with Gasteiger partial charge in [-0.1, -0.05) is 6.07 Å². The zero-order valence-electron chi connectivity index (χ0n) is 24.2. The van der Waals surface area contributed by atoms with Gasteiger partial charge in [0.05, 0.1) is 31.3 Å². The Labute approximate surface area is 265 Å². The molecule has 43 heavy (non-hydrogen) atoms. The standard InChI is InChI=1S/C29H36Cl3NO10/c1-3-33(25(35)38-14-4-11-30)21-17-18-7-8-20(41-26(36)39-15-5-12-31)23-22(18)28(2)24(42-23)19(34)9-10-29(21,28)43-27(37)40-16-6-13-32/h7-8,21,24H,3-6,9-17H2,1-2H3/t21-,24+,28+,29?/m1/s1. The molecule has 0 spiro atoms. The number of nitrogens with zero attached hydrogens (tertiary/aromatic N) is 1. The quantitative estimate of drug-likeness (QED) is 0.0846. The smallest absolute Gasteiger partial charge is 0.477 e. The molecule has 1 heterocycles. The predicted octanol–water partition coefficient (Wildman–Crippen LogP) is 5.75. The molecule has 1 aromatic carbocycles. The summed E-state index contributed by atoms with van der Waals surface area (Å²) in [6.45, 7) is 4.01. The van der Waals surface area contributed by atoms with Crippen LogP contribution in [0.2, 0.25) is 0 Å². The number of alkyl halides is 3. The van der Waals surface area contributed by atoms with E-state index in [1.165, 1.54) is 4.90 Å². The Morgan fingerprint density at radius 3 is 2.23 bits per heavy atom. The van der Waals surface area contributed by atoms with E-state index in [1.807, 2.05) is 0 Å². The minimum absolute atomic E-state index is 0.00451. The molecule has 0 aromatic heterocycles. The number of hydrogen-bond donors (Lipinski definition) is 0. The molecule has 1 unspecified atom stereocenters. The third kappa shape index (κ3) is 6.31. The van der Waals surface area contributed by atoms with Crippen LogP contribution >= 0.6 is 34.8 Å². The molecule has 2 aliphatic carbocycles. The summed E-state index contributed by atoms with van der Waals surface area (Å²) >= 11 is 17.2. The van der Waals surface area contributed by atoms with Gasteiger partial charge < -0.3 is 33.3 Å². The van der Waals surface area contributed by atoms with Crippen LogP contribution in [0.25, 0.3) is 0 Å². The van der Waals surface area contributed by atoms with Crippen LogP contribution in [0.3, 0.4) is 0 Å². The van der Waals surface area contributed by atoms with Crippen LogP contribution < -0.4 is 9.47 Å². The summed E-state index contributed by atoms with van der Waals surface area (Å²) in [4.78, 5) is 54.0. The van der Waals surface area contributed by atoms with Crippen molar-refractivity contribution in [2.24, 2.45) is 0 Å². The first kappa shape index (κ1) is 33.3. The fraction of sp³-hybridized carbons (Fsp3) is 0.655. The van der Waals surface area contributed by atoms with Crippen LogP contribution in [0.4, 0.5) is 14.4 Å². The Hall–Kier alpha value is -2.63. The number of hydrogen-bond acceptors (Lipinski definition) is 10. The fourth-order valence-electron chi connectivity index (χ4n) is 6.39. The van der Waals surface area contributed by atoms with E-state index in [0.717, 1.165) is 5.56 Å². The van der Waals surface area contributed by atoms with E-state index in [-0.39, 0.29) is 68.8 Å². The van der Waals surface area contributed by atoms with Gasteiger partial charge in [0.25, 0.3) is 0 Å². The topological polar surface area (TPSA) is 127 Å². The summed E-state index contributed by atoms with van der Waals surface area (Å²) in [5, 5.41) is 0. The summed E-state index contributed by atoms with van der Waals surface area (Å²) < 4.78 is 34.0. The minimum Gasteiger partial charge on any atom is -0.477 e. The van der Waals surface area contributed by atoms with Crippen LogP contribution in [0, 0.1) is 0 Å². The highest BCUT2D eigenvalue weighted by atomic mass is 35.5. The van der Waals surface area contributed by atoms with Gasteiger partial charge in [-0.3, -0.25) is 4.79 Å². The second-order valence-electron chi connectivity index (χ2n) is 10.6. The Kier molecular flexibility index (Phi) is 11.2. The number of halogens is 3. The highest BCUT2D eigenvalue weighted by Crippen LogP contribution is 2.63. The average Bonchev–Trinajstić information content (AvgIpc) is 3.32. The number of ether oxygens (including phenoxy) is 6. The maximum atomic E-state index is 13.5. The summed E-state index contributed by atoms with van der Waals surface area (Å²) in [7, 11) is 0. The molecular weight excluding hydrogens is 629 g/mol. The van der Waals surface area contributed by atoms with Crippen LogP contribution in [0.1, 0.15) is 57.1 Å². The van der Waals surface area contributed by atoms with Crippen molar-refractivity contribution in [3.63, 3.8) is 0 Å². The van der Waals surface area contributed by atoms with Crippen LogP contribution in [0.5, 0.6) is 11.5 Å². The maximum absolute atomic E-state index is 13.5. The van der Waals surface area contributed by atoms with Gasteiger partial charge >= 0.3 is 18.4 Å². The molecule has 1 amide bonds. The number of Topliss-reactive ketones (excluding diaryl/α,β-unsaturated/α-hetero) is 1. The molecule has 238 valence electrons. The van der Waals surface area contributed by atoms with Gasteiger partial charge in [-0.05, 0) is 57.6 Å². The number of benzene rings is 1. The SMILES string of the molecule is CCN(C(=O)OCCCCl)[C@@H]1Cc2ccc(OC(=O)OCCCCl)c3c2[C@@]2(C)[C@@H](O3)C(=O)CCC12OC(=O)OCCCCl. The summed E-state index contributed by atoms with van der Waals surface area (Å²) in [5.41, 5.74) is -1.45. The Balaban J connectivity index is 1.81. The number of rotatable bonds is 13. The van der Waals surface area contributed by atoms with Crippen molar-refractivity contribution in [3.05, 3.63) is 23.3 Å². The summed E-state index contributed by atoms with van der Waals surface area (Å²) in [6, 6.07) is 2.55. The van der Waals surface area contributed by atoms with Gasteiger partial charge in [0.1, 0.15) is 0 Å². The van der Waals surface area contributed by atoms with Crippen molar-refractivity contribution < 1.29 is 47.6 Å². The Morgan fingerprint density at radius 2 is 1.60 bits per heavy atom. The van der Waals surface area contributed by atoms with Gasteiger partial charge in [0, 0.05) is 36.2 Å². The molecule has 14 heteroatoms. The fourth-order valence-corrected chi connectivity index (χ4v) is 6.72. The van der Waals surface area contributed by atoms with Crippen LogP contribution in [-0.4, -0.2) is 90.8 Å². The van der Waals surface area contributed by atoms with E-state index < -0.39 is 41.6 Å². The summed E-state index contributed by atoms with van der Waals surface area (Å²) in [6.07, 6.45) is -1.95. The Bertz CT molecular complexity index is 1220.